The van der Waals surface area contributed by atoms with Crippen molar-refractivity contribution in [1.82, 2.24) is 0 Å². The van der Waals surface area contributed by atoms with Gasteiger partial charge in [0.05, 0.1) is 5.69 Å². The molecule has 88 valence electrons. The monoisotopic (exact) mass is 249 g/mol. The number of anilines is 1. The summed E-state index contributed by atoms with van der Waals surface area (Å²) in [5, 5.41) is 26.9. The van der Waals surface area contributed by atoms with Crippen LogP contribution in [0.1, 0.15) is 11.7 Å². The van der Waals surface area contributed by atoms with Crippen LogP contribution in [0.25, 0.3) is 0 Å². The topological polar surface area (TPSA) is 104 Å². The second-order valence-corrected chi connectivity index (χ2v) is 3.55. The molecular weight excluding hydrogens is 241 g/mol. The van der Waals surface area contributed by atoms with Crippen molar-refractivity contribution >= 4 is 23.3 Å². The SMILES string of the molecule is Nc1c(F)cc(Cl)cc1C(O)C(O)C(=O)O. The highest BCUT2D eigenvalue weighted by molar-refractivity contribution is 6.30. The van der Waals surface area contributed by atoms with Gasteiger partial charge in [-0.1, -0.05) is 11.6 Å². The van der Waals surface area contributed by atoms with Gasteiger partial charge in [-0.15, -0.1) is 0 Å². The molecule has 2 unspecified atom stereocenters. The van der Waals surface area contributed by atoms with Crippen LogP contribution in [0, 0.1) is 5.82 Å². The minimum atomic E-state index is -2.10. The average molecular weight is 250 g/mol. The van der Waals surface area contributed by atoms with E-state index in [-0.39, 0.29) is 10.6 Å². The van der Waals surface area contributed by atoms with Crippen LogP contribution >= 0.6 is 11.6 Å². The van der Waals surface area contributed by atoms with Crippen molar-refractivity contribution < 1.29 is 24.5 Å². The van der Waals surface area contributed by atoms with E-state index in [2.05, 4.69) is 0 Å². The molecule has 0 aliphatic carbocycles. The van der Waals surface area contributed by atoms with Gasteiger partial charge < -0.3 is 21.1 Å². The van der Waals surface area contributed by atoms with Crippen LogP contribution in [-0.4, -0.2) is 27.4 Å². The Balaban J connectivity index is 3.17. The first-order valence-corrected chi connectivity index (χ1v) is 4.55. The maximum atomic E-state index is 13.1. The van der Waals surface area contributed by atoms with Gasteiger partial charge >= 0.3 is 5.97 Å². The molecule has 0 heterocycles. The minimum Gasteiger partial charge on any atom is -0.479 e. The van der Waals surface area contributed by atoms with Crippen molar-refractivity contribution in [3.05, 3.63) is 28.5 Å². The van der Waals surface area contributed by atoms with Gasteiger partial charge in [-0.2, -0.15) is 0 Å². The maximum absolute atomic E-state index is 13.1. The van der Waals surface area contributed by atoms with Gasteiger partial charge in [0.25, 0.3) is 0 Å². The van der Waals surface area contributed by atoms with E-state index in [9.17, 15) is 14.3 Å². The Morgan fingerprint density at radius 1 is 1.44 bits per heavy atom. The van der Waals surface area contributed by atoms with E-state index >= 15 is 0 Å². The number of hydrogen-bond donors (Lipinski definition) is 4. The van der Waals surface area contributed by atoms with Crippen molar-refractivity contribution in [1.29, 1.82) is 0 Å². The average Bonchev–Trinajstić information content (AvgIpc) is 2.21. The van der Waals surface area contributed by atoms with Crippen molar-refractivity contribution in [3.63, 3.8) is 0 Å². The minimum absolute atomic E-state index is 0.0571. The van der Waals surface area contributed by atoms with E-state index in [1.807, 2.05) is 0 Å². The molecule has 0 saturated carbocycles. The summed E-state index contributed by atoms with van der Waals surface area (Å²) >= 11 is 5.51. The molecule has 0 saturated heterocycles. The summed E-state index contributed by atoms with van der Waals surface area (Å²) in [5.41, 5.74) is 4.58. The molecule has 0 radical (unpaired) electrons. The Morgan fingerprint density at radius 2 is 2.00 bits per heavy atom. The van der Waals surface area contributed by atoms with E-state index in [4.69, 9.17) is 27.5 Å². The van der Waals surface area contributed by atoms with Crippen LogP contribution in [-0.2, 0) is 4.79 Å². The highest BCUT2D eigenvalue weighted by atomic mass is 35.5. The Hall–Kier alpha value is -1.37. The van der Waals surface area contributed by atoms with Gasteiger partial charge in [-0.25, -0.2) is 9.18 Å². The zero-order valence-electron chi connectivity index (χ0n) is 7.89. The van der Waals surface area contributed by atoms with Crippen LogP contribution in [0.4, 0.5) is 10.1 Å². The van der Waals surface area contributed by atoms with Gasteiger partial charge in [0.1, 0.15) is 11.9 Å². The Morgan fingerprint density at radius 3 is 2.50 bits per heavy atom. The fraction of sp³-hybridized carbons (Fsp3) is 0.222. The van der Waals surface area contributed by atoms with Gasteiger partial charge in [-0.05, 0) is 12.1 Å². The lowest BCUT2D eigenvalue weighted by Gasteiger charge is -2.16. The van der Waals surface area contributed by atoms with Gasteiger partial charge in [0, 0.05) is 10.6 Å². The second kappa shape index (κ2) is 4.65. The van der Waals surface area contributed by atoms with Gasteiger partial charge in [-0.3, -0.25) is 0 Å². The fourth-order valence-electron chi connectivity index (χ4n) is 1.15. The summed E-state index contributed by atoms with van der Waals surface area (Å²) in [7, 11) is 0. The first-order chi connectivity index (χ1) is 7.34. The smallest absolute Gasteiger partial charge is 0.335 e. The molecule has 1 aromatic rings. The van der Waals surface area contributed by atoms with E-state index < -0.39 is 29.7 Å². The third-order valence-corrected chi connectivity index (χ3v) is 2.22. The lowest BCUT2D eigenvalue weighted by Crippen LogP contribution is -2.28. The Bertz CT molecular complexity index is 426. The van der Waals surface area contributed by atoms with Crippen molar-refractivity contribution in [2.45, 2.75) is 12.2 Å². The molecule has 0 aliphatic heterocycles. The summed E-state index contributed by atoms with van der Waals surface area (Å²) in [6.45, 7) is 0. The molecule has 1 aromatic carbocycles. The number of carboxylic acid groups (broad SMARTS) is 1. The second-order valence-electron chi connectivity index (χ2n) is 3.12. The lowest BCUT2D eigenvalue weighted by molar-refractivity contribution is -0.153. The van der Waals surface area contributed by atoms with Gasteiger partial charge in [0.2, 0.25) is 0 Å². The number of benzene rings is 1. The molecule has 0 aromatic heterocycles. The number of hydrogen-bond acceptors (Lipinski definition) is 4. The summed E-state index contributed by atoms with van der Waals surface area (Å²) in [6.07, 6.45) is -3.94. The molecule has 5 nitrogen and oxygen atoms in total. The molecule has 16 heavy (non-hydrogen) atoms. The van der Waals surface area contributed by atoms with Crippen LogP contribution < -0.4 is 5.73 Å². The predicted molar refractivity (Wildman–Crippen MR) is 54.4 cm³/mol. The standard InChI is InChI=1S/C9H9ClFNO4/c10-3-1-4(6(12)5(11)2-3)7(13)8(14)9(15)16/h1-2,7-8,13-14H,12H2,(H,15,16). The highest BCUT2D eigenvalue weighted by Gasteiger charge is 2.27. The van der Waals surface area contributed by atoms with Crippen LogP contribution in [0.2, 0.25) is 5.02 Å². The molecule has 7 heteroatoms. The molecule has 0 aliphatic rings. The normalized spacial score (nSPS) is 14.5. The molecule has 2 atom stereocenters. The Kier molecular flexibility index (Phi) is 3.69. The van der Waals surface area contributed by atoms with Gasteiger partial charge in [0.15, 0.2) is 6.10 Å². The molecule has 0 bridgehead atoms. The Labute approximate surface area is 94.9 Å². The third-order valence-electron chi connectivity index (χ3n) is 2.00. The summed E-state index contributed by atoms with van der Waals surface area (Å²) in [6, 6.07) is 2.01. The van der Waals surface area contributed by atoms with Crippen LogP contribution in [0.3, 0.4) is 0 Å². The zero-order valence-corrected chi connectivity index (χ0v) is 8.65. The van der Waals surface area contributed by atoms with Crippen LogP contribution in [0.15, 0.2) is 12.1 Å². The third kappa shape index (κ3) is 2.41. The first-order valence-electron chi connectivity index (χ1n) is 4.18. The number of nitrogens with two attached hydrogens (primary N) is 1. The molecule has 5 N–H and O–H groups in total. The zero-order chi connectivity index (χ0) is 12.5. The summed E-state index contributed by atoms with van der Waals surface area (Å²) in [4.78, 5) is 10.4. The summed E-state index contributed by atoms with van der Waals surface area (Å²) < 4.78 is 13.1. The quantitative estimate of drug-likeness (QED) is 0.586. The number of aliphatic hydroxyl groups is 2. The fourth-order valence-corrected chi connectivity index (χ4v) is 1.37. The van der Waals surface area contributed by atoms with E-state index in [1.165, 1.54) is 0 Å². The largest absolute Gasteiger partial charge is 0.479 e. The highest BCUT2D eigenvalue weighted by Crippen LogP contribution is 2.29. The van der Waals surface area contributed by atoms with Crippen molar-refractivity contribution in [2.75, 3.05) is 5.73 Å². The molecule has 0 spiro atoms. The maximum Gasteiger partial charge on any atom is 0.335 e. The molecule has 0 fully saturated rings. The number of aliphatic hydroxyl groups excluding tert-OH is 2. The van der Waals surface area contributed by atoms with E-state index in [1.54, 1.807) is 0 Å². The van der Waals surface area contributed by atoms with Crippen LogP contribution in [0.5, 0.6) is 0 Å². The number of aliphatic carboxylic acids is 1. The lowest BCUT2D eigenvalue weighted by atomic mass is 10.0. The molecular formula is C9H9ClFNO4. The summed E-state index contributed by atoms with van der Waals surface area (Å²) in [5.74, 6) is -2.54. The van der Waals surface area contributed by atoms with Crippen molar-refractivity contribution in [3.8, 4) is 0 Å². The molecule has 1 rings (SSSR count). The number of nitrogen functional groups attached to an aromatic ring is 1. The van der Waals surface area contributed by atoms with Crippen molar-refractivity contribution in [2.24, 2.45) is 0 Å². The predicted octanol–water partition coefficient (Wildman–Crippen LogP) is 0.540. The van der Waals surface area contributed by atoms with E-state index in [0.29, 0.717) is 0 Å². The molecule has 0 amide bonds. The first kappa shape index (κ1) is 12.7. The number of halogens is 2. The number of carboxylic acids is 1. The number of rotatable bonds is 3. The number of carbonyl (C=O) groups is 1. The van der Waals surface area contributed by atoms with E-state index in [0.717, 1.165) is 12.1 Å².